The number of thiazole rings is 1. The van der Waals surface area contributed by atoms with E-state index in [1.54, 1.807) is 17.4 Å². The predicted molar refractivity (Wildman–Crippen MR) is 130 cm³/mol. The summed E-state index contributed by atoms with van der Waals surface area (Å²) in [6.45, 7) is 1.95. The molecule has 0 atom stereocenters. The quantitative estimate of drug-likeness (QED) is 0.321. The lowest BCUT2D eigenvalue weighted by Gasteiger charge is -2.07. The molecule has 2 N–H and O–H groups in total. The van der Waals surface area contributed by atoms with E-state index in [0.29, 0.717) is 16.4 Å². The predicted octanol–water partition coefficient (Wildman–Crippen LogP) is 6.16. The average molecular weight is 466 g/mol. The average Bonchev–Trinajstić information content (AvgIpc) is 3.45. The van der Waals surface area contributed by atoms with Crippen LogP contribution in [0.3, 0.4) is 0 Å². The molecule has 2 amide bonds. The maximum atomic E-state index is 12.3. The van der Waals surface area contributed by atoms with Gasteiger partial charge in [0, 0.05) is 21.5 Å². The smallest absolute Gasteiger partial charge is 0.255 e. The molecule has 0 spiro atoms. The highest BCUT2D eigenvalue weighted by atomic mass is 32.2. The van der Waals surface area contributed by atoms with Crippen LogP contribution in [0, 0.1) is 6.92 Å². The lowest BCUT2D eigenvalue weighted by molar-refractivity contribution is -0.113. The molecule has 0 saturated heterocycles. The minimum atomic E-state index is -0.145. The van der Waals surface area contributed by atoms with Gasteiger partial charge in [0.1, 0.15) is 0 Å². The second-order valence-corrected chi connectivity index (χ2v) is 9.55. The number of thioether (sulfide) groups is 1. The molecule has 0 saturated carbocycles. The number of nitrogens with one attached hydrogen (secondary N) is 2. The molecule has 0 aliphatic carbocycles. The lowest BCUT2D eigenvalue weighted by Crippen LogP contribution is -2.13. The van der Waals surface area contributed by atoms with Crippen LogP contribution >= 0.6 is 34.4 Å². The van der Waals surface area contributed by atoms with Crippen LogP contribution in [0.5, 0.6) is 0 Å². The fourth-order valence-corrected chi connectivity index (χ4v) is 4.98. The third-order valence-corrected chi connectivity index (χ3v) is 6.95. The van der Waals surface area contributed by atoms with E-state index in [-0.39, 0.29) is 17.6 Å². The van der Waals surface area contributed by atoms with Gasteiger partial charge in [-0.3, -0.25) is 9.59 Å². The number of aromatic nitrogens is 1. The molecule has 0 radical (unpaired) electrons. The van der Waals surface area contributed by atoms with Crippen molar-refractivity contribution < 1.29 is 9.59 Å². The topological polar surface area (TPSA) is 71.1 Å². The zero-order chi connectivity index (χ0) is 21.6. The van der Waals surface area contributed by atoms with Gasteiger partial charge >= 0.3 is 0 Å². The number of thiophene rings is 1. The van der Waals surface area contributed by atoms with Crippen molar-refractivity contribution >= 4 is 57.1 Å². The number of benzene rings is 2. The Morgan fingerprint density at radius 2 is 1.84 bits per heavy atom. The Morgan fingerprint density at radius 3 is 2.58 bits per heavy atom. The van der Waals surface area contributed by atoms with E-state index in [2.05, 4.69) is 15.6 Å². The molecule has 0 fully saturated rings. The van der Waals surface area contributed by atoms with Crippen LogP contribution in [0.25, 0.3) is 10.6 Å². The first-order chi connectivity index (χ1) is 15.1. The van der Waals surface area contributed by atoms with E-state index in [0.717, 1.165) is 21.0 Å². The van der Waals surface area contributed by atoms with E-state index in [4.69, 9.17) is 0 Å². The van der Waals surface area contributed by atoms with Crippen molar-refractivity contribution in [3.63, 3.8) is 0 Å². The number of carbonyl (C=O) groups is 2. The van der Waals surface area contributed by atoms with Gasteiger partial charge in [0.25, 0.3) is 5.91 Å². The fourth-order valence-electron chi connectivity index (χ4n) is 2.80. The number of nitrogens with zero attached hydrogens (tertiary/aromatic N) is 1. The zero-order valence-corrected chi connectivity index (χ0v) is 19.1. The van der Waals surface area contributed by atoms with Crippen molar-refractivity contribution in [2.75, 3.05) is 16.4 Å². The standard InChI is InChI=1S/C23H19N3O2S3/c1-15-4-2-5-16(12-15)22(28)24-17-7-9-18(10-8-17)30-14-21(27)26-23-25-19(13-31-23)20-6-3-11-29-20/h2-13H,14H2,1H3,(H,24,28)(H,25,26,27). The van der Waals surface area contributed by atoms with E-state index >= 15 is 0 Å². The van der Waals surface area contributed by atoms with E-state index in [1.165, 1.54) is 23.1 Å². The van der Waals surface area contributed by atoms with Crippen molar-refractivity contribution in [2.45, 2.75) is 11.8 Å². The van der Waals surface area contributed by atoms with Gasteiger partial charge in [-0.25, -0.2) is 4.98 Å². The van der Waals surface area contributed by atoms with Crippen molar-refractivity contribution in [1.82, 2.24) is 4.98 Å². The summed E-state index contributed by atoms with van der Waals surface area (Å²) in [4.78, 5) is 31.1. The Bertz CT molecular complexity index is 1190. The molecule has 4 rings (SSSR count). The number of amides is 2. The van der Waals surface area contributed by atoms with Crippen molar-refractivity contribution in [2.24, 2.45) is 0 Å². The fraction of sp³-hybridized carbons (Fsp3) is 0.0870. The number of aryl methyl sites for hydroxylation is 1. The Hall–Kier alpha value is -2.94. The normalized spacial score (nSPS) is 10.6. The third kappa shape index (κ3) is 5.81. The molecule has 156 valence electrons. The van der Waals surface area contributed by atoms with Gasteiger partial charge in [-0.2, -0.15) is 0 Å². The Balaban J connectivity index is 1.27. The van der Waals surface area contributed by atoms with Crippen LogP contribution in [0.15, 0.2) is 76.3 Å². The first kappa shape index (κ1) is 21.3. The first-order valence-electron chi connectivity index (χ1n) is 9.47. The summed E-state index contributed by atoms with van der Waals surface area (Å²) in [5.74, 6) is 0.0332. The largest absolute Gasteiger partial charge is 0.322 e. The zero-order valence-electron chi connectivity index (χ0n) is 16.6. The van der Waals surface area contributed by atoms with Crippen molar-refractivity contribution in [3.05, 3.63) is 82.6 Å². The van der Waals surface area contributed by atoms with Gasteiger partial charge in [-0.1, -0.05) is 23.8 Å². The van der Waals surface area contributed by atoms with E-state index in [9.17, 15) is 9.59 Å². The molecule has 2 aromatic carbocycles. The second-order valence-electron chi connectivity index (χ2n) is 6.70. The molecular weight excluding hydrogens is 446 g/mol. The highest BCUT2D eigenvalue weighted by Gasteiger charge is 2.10. The number of rotatable bonds is 7. The number of hydrogen-bond donors (Lipinski definition) is 2. The van der Waals surface area contributed by atoms with Gasteiger partial charge in [0.2, 0.25) is 5.91 Å². The Labute approximate surface area is 192 Å². The molecule has 4 aromatic rings. The molecule has 8 heteroatoms. The maximum absolute atomic E-state index is 12.3. The summed E-state index contributed by atoms with van der Waals surface area (Å²) in [5.41, 5.74) is 3.26. The maximum Gasteiger partial charge on any atom is 0.255 e. The summed E-state index contributed by atoms with van der Waals surface area (Å²) in [7, 11) is 0. The summed E-state index contributed by atoms with van der Waals surface area (Å²) in [5, 5.41) is 10.3. The van der Waals surface area contributed by atoms with Crippen molar-refractivity contribution in [3.8, 4) is 10.6 Å². The van der Waals surface area contributed by atoms with E-state index < -0.39 is 0 Å². The summed E-state index contributed by atoms with van der Waals surface area (Å²) >= 11 is 4.47. The van der Waals surface area contributed by atoms with Gasteiger partial charge in [-0.05, 0) is 54.8 Å². The van der Waals surface area contributed by atoms with E-state index in [1.807, 2.05) is 72.3 Å². The molecule has 0 aliphatic heterocycles. The highest BCUT2D eigenvalue weighted by Crippen LogP contribution is 2.28. The van der Waals surface area contributed by atoms with Crippen molar-refractivity contribution in [1.29, 1.82) is 0 Å². The first-order valence-corrected chi connectivity index (χ1v) is 12.2. The summed E-state index contributed by atoms with van der Waals surface area (Å²) in [6.07, 6.45) is 0. The molecule has 0 unspecified atom stereocenters. The monoisotopic (exact) mass is 465 g/mol. The van der Waals surface area contributed by atoms with Gasteiger partial charge < -0.3 is 10.6 Å². The van der Waals surface area contributed by atoms with Crippen LogP contribution in [-0.2, 0) is 4.79 Å². The Morgan fingerprint density at radius 1 is 1.00 bits per heavy atom. The second kappa shape index (κ2) is 9.91. The molecular formula is C23H19N3O2S3. The van der Waals surface area contributed by atoms with Gasteiger partial charge in [0.15, 0.2) is 5.13 Å². The molecule has 0 aliphatic rings. The number of anilines is 2. The minimum Gasteiger partial charge on any atom is -0.322 e. The third-order valence-electron chi connectivity index (χ3n) is 4.29. The molecule has 0 bridgehead atoms. The highest BCUT2D eigenvalue weighted by molar-refractivity contribution is 8.00. The molecule has 2 heterocycles. The summed E-state index contributed by atoms with van der Waals surface area (Å²) < 4.78 is 0. The van der Waals surface area contributed by atoms with Crippen LogP contribution in [0.1, 0.15) is 15.9 Å². The van der Waals surface area contributed by atoms with Crippen LogP contribution < -0.4 is 10.6 Å². The number of carbonyl (C=O) groups excluding carboxylic acids is 2. The SMILES string of the molecule is Cc1cccc(C(=O)Nc2ccc(SCC(=O)Nc3nc(-c4cccs4)cs3)cc2)c1. The Kier molecular flexibility index (Phi) is 6.81. The van der Waals surface area contributed by atoms with Crippen LogP contribution in [-0.4, -0.2) is 22.6 Å². The molecule has 31 heavy (non-hydrogen) atoms. The molecule has 5 nitrogen and oxygen atoms in total. The lowest BCUT2D eigenvalue weighted by atomic mass is 10.1. The minimum absolute atomic E-state index is 0.103. The molecule has 2 aromatic heterocycles. The van der Waals surface area contributed by atoms with Crippen LogP contribution in [0.2, 0.25) is 0 Å². The van der Waals surface area contributed by atoms with Gasteiger partial charge in [0.05, 0.1) is 16.3 Å². The summed E-state index contributed by atoms with van der Waals surface area (Å²) in [6, 6.07) is 18.9. The van der Waals surface area contributed by atoms with Gasteiger partial charge in [-0.15, -0.1) is 34.4 Å². The number of hydrogen-bond acceptors (Lipinski definition) is 6. The van der Waals surface area contributed by atoms with Crippen LogP contribution in [0.4, 0.5) is 10.8 Å².